The molecule has 2 aliphatic rings. The number of pyridine rings is 1. The van der Waals surface area contributed by atoms with Crippen LogP contribution >= 0.6 is 0 Å². The first-order chi connectivity index (χ1) is 16.8. The molecular formula is C27H35N3O5. The summed E-state index contributed by atoms with van der Waals surface area (Å²) in [5.41, 5.74) is 1.97. The number of aromatic nitrogens is 1. The van der Waals surface area contributed by atoms with Crippen molar-refractivity contribution in [2.75, 3.05) is 33.9 Å². The number of aliphatic hydroxyl groups excluding tert-OH is 1. The second-order valence-electron chi connectivity index (χ2n) is 9.85. The lowest BCUT2D eigenvalue weighted by atomic mass is 9.99. The van der Waals surface area contributed by atoms with E-state index in [9.17, 15) is 14.7 Å². The third-order valence-electron chi connectivity index (χ3n) is 6.96. The van der Waals surface area contributed by atoms with Crippen molar-refractivity contribution in [1.29, 1.82) is 0 Å². The largest absolute Gasteiger partial charge is 0.497 e. The number of carbonyl (C=O) groups excluding carboxylic acids is 2. The first kappa shape index (κ1) is 25.0. The van der Waals surface area contributed by atoms with Crippen molar-refractivity contribution in [1.82, 2.24) is 14.8 Å². The van der Waals surface area contributed by atoms with Gasteiger partial charge in [0.2, 0.25) is 11.8 Å². The van der Waals surface area contributed by atoms with Gasteiger partial charge in [-0.05, 0) is 49.4 Å². The molecule has 1 fully saturated rings. The average Bonchev–Trinajstić information content (AvgIpc) is 3.69. The number of carbonyl (C=O) groups is 2. The minimum absolute atomic E-state index is 0.0721. The van der Waals surface area contributed by atoms with Crippen LogP contribution in [-0.2, 0) is 4.79 Å². The quantitative estimate of drug-likeness (QED) is 0.622. The Morgan fingerprint density at radius 1 is 1.31 bits per heavy atom. The highest BCUT2D eigenvalue weighted by Crippen LogP contribution is 2.34. The first-order valence-corrected chi connectivity index (χ1v) is 12.3. The van der Waals surface area contributed by atoms with Crippen molar-refractivity contribution in [3.63, 3.8) is 0 Å². The van der Waals surface area contributed by atoms with Crippen LogP contribution in [0.4, 0.5) is 0 Å². The van der Waals surface area contributed by atoms with Crippen molar-refractivity contribution in [2.45, 2.75) is 45.3 Å². The molecule has 35 heavy (non-hydrogen) atoms. The van der Waals surface area contributed by atoms with Crippen molar-refractivity contribution in [3.05, 3.63) is 42.1 Å². The molecule has 4 rings (SSSR count). The number of likely N-dealkylation sites (N-methyl/N-ethyl adjacent to an activating group) is 1. The van der Waals surface area contributed by atoms with Gasteiger partial charge in [-0.2, -0.15) is 0 Å². The van der Waals surface area contributed by atoms with Crippen LogP contribution in [0.5, 0.6) is 11.6 Å². The smallest absolute Gasteiger partial charge is 0.259 e. The number of ether oxygens (including phenoxy) is 2. The molecule has 0 spiro atoms. The maximum Gasteiger partial charge on any atom is 0.259 e. The summed E-state index contributed by atoms with van der Waals surface area (Å²) in [4.78, 5) is 34.2. The molecule has 1 N–H and O–H groups in total. The third-order valence-corrected chi connectivity index (χ3v) is 6.96. The summed E-state index contributed by atoms with van der Waals surface area (Å²) in [5.74, 6) is 1.27. The number of benzene rings is 1. The van der Waals surface area contributed by atoms with Crippen LogP contribution in [0.25, 0.3) is 11.1 Å². The van der Waals surface area contributed by atoms with Gasteiger partial charge in [-0.15, -0.1) is 0 Å². The molecule has 188 valence electrons. The van der Waals surface area contributed by atoms with Gasteiger partial charge in [0, 0.05) is 37.7 Å². The van der Waals surface area contributed by atoms with E-state index >= 15 is 0 Å². The fourth-order valence-electron chi connectivity index (χ4n) is 4.38. The van der Waals surface area contributed by atoms with E-state index in [1.54, 1.807) is 36.2 Å². The van der Waals surface area contributed by atoms with Crippen molar-refractivity contribution in [3.8, 4) is 22.8 Å². The Hall–Kier alpha value is -3.13. The number of hydrogen-bond acceptors (Lipinski definition) is 6. The summed E-state index contributed by atoms with van der Waals surface area (Å²) in [7, 11) is 3.41. The summed E-state index contributed by atoms with van der Waals surface area (Å²) in [6.07, 6.45) is 4.16. The highest BCUT2D eigenvalue weighted by molar-refractivity contribution is 5.98. The molecule has 0 bridgehead atoms. The van der Waals surface area contributed by atoms with E-state index in [2.05, 4.69) is 4.98 Å². The number of fused-ring (bicyclic) bond motifs is 1. The molecule has 1 aromatic carbocycles. The number of amides is 2. The molecule has 3 atom stereocenters. The minimum Gasteiger partial charge on any atom is -0.497 e. The summed E-state index contributed by atoms with van der Waals surface area (Å²) < 4.78 is 11.7. The zero-order valence-corrected chi connectivity index (χ0v) is 20.9. The number of rotatable bonds is 8. The third kappa shape index (κ3) is 5.75. The number of methoxy groups -OCH3 is 1. The highest BCUT2D eigenvalue weighted by Gasteiger charge is 2.35. The van der Waals surface area contributed by atoms with Crippen LogP contribution in [0.3, 0.4) is 0 Å². The Labute approximate surface area is 206 Å². The molecule has 1 aliphatic heterocycles. The van der Waals surface area contributed by atoms with Crippen molar-refractivity contribution < 1.29 is 24.2 Å². The monoisotopic (exact) mass is 481 g/mol. The van der Waals surface area contributed by atoms with Gasteiger partial charge in [0.25, 0.3) is 5.91 Å². The van der Waals surface area contributed by atoms with Gasteiger partial charge in [0.1, 0.15) is 17.4 Å². The molecule has 1 saturated carbocycles. The van der Waals surface area contributed by atoms with E-state index in [1.807, 2.05) is 38.1 Å². The number of aliphatic hydroxyl groups is 1. The van der Waals surface area contributed by atoms with Crippen LogP contribution in [0.2, 0.25) is 0 Å². The predicted octanol–water partition coefficient (Wildman–Crippen LogP) is 3.24. The Morgan fingerprint density at radius 2 is 2.09 bits per heavy atom. The maximum absolute atomic E-state index is 13.6. The van der Waals surface area contributed by atoms with Crippen LogP contribution in [-0.4, -0.2) is 77.7 Å². The first-order valence-electron chi connectivity index (χ1n) is 12.3. The maximum atomic E-state index is 13.6. The zero-order valence-electron chi connectivity index (χ0n) is 20.9. The van der Waals surface area contributed by atoms with E-state index in [-0.39, 0.29) is 42.4 Å². The van der Waals surface area contributed by atoms with Gasteiger partial charge < -0.3 is 24.4 Å². The zero-order chi connectivity index (χ0) is 25.1. The molecule has 0 saturated heterocycles. The summed E-state index contributed by atoms with van der Waals surface area (Å²) in [6, 6.07) is 8.97. The Kier molecular flexibility index (Phi) is 7.60. The Morgan fingerprint density at radius 3 is 2.77 bits per heavy atom. The van der Waals surface area contributed by atoms with Gasteiger partial charge in [0.05, 0.1) is 26.3 Å². The van der Waals surface area contributed by atoms with Crippen molar-refractivity contribution in [2.24, 2.45) is 11.8 Å². The lowest BCUT2D eigenvalue weighted by Gasteiger charge is -2.37. The van der Waals surface area contributed by atoms with E-state index in [1.165, 1.54) is 0 Å². The normalized spacial score (nSPS) is 20.8. The number of nitrogens with zero attached hydrogens (tertiary/aromatic N) is 3. The minimum atomic E-state index is -0.369. The molecule has 2 aromatic rings. The molecule has 2 amide bonds. The van der Waals surface area contributed by atoms with Crippen LogP contribution in [0, 0.1) is 11.8 Å². The molecule has 0 radical (unpaired) electrons. The number of hydrogen-bond donors (Lipinski definition) is 1. The molecule has 1 aliphatic carbocycles. The van der Waals surface area contributed by atoms with Crippen molar-refractivity contribution >= 4 is 11.8 Å². The summed E-state index contributed by atoms with van der Waals surface area (Å²) >= 11 is 0. The Balaban J connectivity index is 1.67. The molecule has 2 heterocycles. The molecule has 1 aromatic heterocycles. The van der Waals surface area contributed by atoms with E-state index < -0.39 is 0 Å². The van der Waals surface area contributed by atoms with Crippen LogP contribution in [0.1, 0.15) is 43.5 Å². The van der Waals surface area contributed by atoms with Gasteiger partial charge in [-0.3, -0.25) is 9.59 Å². The fraction of sp³-hybridized carbons (Fsp3) is 0.519. The van der Waals surface area contributed by atoms with Gasteiger partial charge >= 0.3 is 0 Å². The van der Waals surface area contributed by atoms with E-state index in [0.717, 1.165) is 24.0 Å². The SMILES string of the molecule is COc1cccc(-c2cnc3c(c2)C(=O)N([C@@H](C)CO)C[C@@H](C)[C@@H](CN(C)C(=O)CC2CC2)O3)c1. The van der Waals surface area contributed by atoms with E-state index in [0.29, 0.717) is 36.7 Å². The van der Waals surface area contributed by atoms with Gasteiger partial charge in [0.15, 0.2) is 0 Å². The fourth-order valence-corrected chi connectivity index (χ4v) is 4.38. The highest BCUT2D eigenvalue weighted by atomic mass is 16.5. The second kappa shape index (κ2) is 10.6. The van der Waals surface area contributed by atoms with Crippen LogP contribution < -0.4 is 9.47 Å². The summed E-state index contributed by atoms with van der Waals surface area (Å²) in [6.45, 7) is 4.48. The van der Waals surface area contributed by atoms with Gasteiger partial charge in [-0.1, -0.05) is 19.1 Å². The standard InChI is InChI=1S/C27H35N3O5/c1-17-14-30(18(2)16-31)27(33)23-12-21(20-6-5-7-22(11-20)34-4)13-28-26(23)35-24(17)15-29(3)25(32)10-19-8-9-19/h5-7,11-13,17-19,24,31H,8-10,14-16H2,1-4H3/t17-,18+,24-/m1/s1. The topological polar surface area (TPSA) is 92.2 Å². The van der Waals surface area contributed by atoms with Gasteiger partial charge in [-0.25, -0.2) is 4.98 Å². The van der Waals surface area contributed by atoms with E-state index in [4.69, 9.17) is 9.47 Å². The molecule has 8 heteroatoms. The Bertz CT molecular complexity index is 1070. The predicted molar refractivity (Wildman–Crippen MR) is 132 cm³/mol. The molecule has 0 unspecified atom stereocenters. The lowest BCUT2D eigenvalue weighted by Crippen LogP contribution is -2.50. The average molecular weight is 482 g/mol. The lowest BCUT2D eigenvalue weighted by molar-refractivity contribution is -0.131. The second-order valence-corrected chi connectivity index (χ2v) is 9.85. The molecular weight excluding hydrogens is 446 g/mol. The van der Waals surface area contributed by atoms with Crippen LogP contribution in [0.15, 0.2) is 36.5 Å². The molecule has 8 nitrogen and oxygen atoms in total. The summed E-state index contributed by atoms with van der Waals surface area (Å²) in [5, 5.41) is 9.86.